The molecule has 4 N–H and O–H groups in total. The molecule has 0 aliphatic heterocycles. The van der Waals surface area contributed by atoms with E-state index in [0.29, 0.717) is 17.3 Å². The van der Waals surface area contributed by atoms with Crippen LogP contribution in [0.1, 0.15) is 26.7 Å². The topological polar surface area (TPSA) is 101 Å². The molecule has 0 aliphatic rings. The van der Waals surface area contributed by atoms with Gasteiger partial charge in [0.25, 0.3) is 5.56 Å². The van der Waals surface area contributed by atoms with Gasteiger partial charge in [0, 0.05) is 18.0 Å². The van der Waals surface area contributed by atoms with Crippen molar-refractivity contribution in [3.8, 4) is 0 Å². The van der Waals surface area contributed by atoms with Gasteiger partial charge in [0.05, 0.1) is 5.54 Å². The lowest BCUT2D eigenvalue weighted by Crippen LogP contribution is -2.53. The third-order valence-electron chi connectivity index (χ3n) is 2.80. The number of carbonyl (C=O) groups excluding carboxylic acids is 1. The highest BCUT2D eigenvalue weighted by atomic mass is 32.2. The number of rotatable bonds is 8. The average molecular weight is 284 g/mol. The second-order valence-corrected chi connectivity index (χ2v) is 5.54. The van der Waals surface area contributed by atoms with Gasteiger partial charge in [-0.15, -0.1) is 0 Å². The molecule has 7 heteroatoms. The van der Waals surface area contributed by atoms with Crippen LogP contribution in [0.3, 0.4) is 0 Å². The molecular weight excluding hydrogens is 264 g/mol. The Morgan fingerprint density at radius 3 is 2.95 bits per heavy atom. The van der Waals surface area contributed by atoms with E-state index in [1.165, 1.54) is 24.0 Å². The third kappa shape index (κ3) is 5.04. The summed E-state index contributed by atoms with van der Waals surface area (Å²) >= 11 is 1.40. The van der Waals surface area contributed by atoms with E-state index in [1.807, 2.05) is 6.92 Å². The summed E-state index contributed by atoms with van der Waals surface area (Å²) in [5.74, 6) is 0.277. The zero-order chi connectivity index (χ0) is 14.3. The van der Waals surface area contributed by atoms with Crippen LogP contribution in [0.15, 0.2) is 22.2 Å². The highest BCUT2D eigenvalue weighted by molar-refractivity contribution is 7.99. The van der Waals surface area contributed by atoms with Crippen molar-refractivity contribution in [1.29, 1.82) is 0 Å². The van der Waals surface area contributed by atoms with Gasteiger partial charge in [0.1, 0.15) is 0 Å². The molecule has 1 aromatic rings. The van der Waals surface area contributed by atoms with Crippen molar-refractivity contribution in [3.05, 3.63) is 22.6 Å². The van der Waals surface area contributed by atoms with Gasteiger partial charge in [-0.25, -0.2) is 4.98 Å². The zero-order valence-electron chi connectivity index (χ0n) is 11.2. The highest BCUT2D eigenvalue weighted by Crippen LogP contribution is 2.17. The number of nitrogens with two attached hydrogens (primary N) is 1. The van der Waals surface area contributed by atoms with Crippen molar-refractivity contribution in [2.75, 3.05) is 12.3 Å². The summed E-state index contributed by atoms with van der Waals surface area (Å²) in [6, 6.07) is 1.36. The van der Waals surface area contributed by atoms with E-state index in [2.05, 4.69) is 15.3 Å². The molecule has 0 aromatic carbocycles. The van der Waals surface area contributed by atoms with Crippen LogP contribution in [0.25, 0.3) is 0 Å². The maximum absolute atomic E-state index is 11.5. The number of nitrogens with zero attached hydrogens (tertiary/aromatic N) is 1. The average Bonchev–Trinajstić information content (AvgIpc) is 2.36. The van der Waals surface area contributed by atoms with Crippen LogP contribution in [-0.4, -0.2) is 33.7 Å². The van der Waals surface area contributed by atoms with E-state index in [0.717, 1.165) is 13.0 Å². The standard InChI is InChI=1S/C12H20N4O2S/c1-3-6-15-12(2,10(13)18)5-8-19-11-14-7-4-9(17)16-11/h4,7,15H,3,5-6,8H2,1-2H3,(H2,13,18)(H,14,16,17). The summed E-state index contributed by atoms with van der Waals surface area (Å²) in [4.78, 5) is 29.3. The van der Waals surface area contributed by atoms with Gasteiger partial charge >= 0.3 is 0 Å². The number of aromatic nitrogens is 2. The Morgan fingerprint density at radius 2 is 2.37 bits per heavy atom. The van der Waals surface area contributed by atoms with Gasteiger partial charge in [0.15, 0.2) is 5.16 Å². The first-order valence-corrected chi connectivity index (χ1v) is 7.19. The second kappa shape index (κ2) is 7.30. The van der Waals surface area contributed by atoms with E-state index in [9.17, 15) is 9.59 Å². The van der Waals surface area contributed by atoms with E-state index in [4.69, 9.17) is 5.73 Å². The summed E-state index contributed by atoms with van der Waals surface area (Å²) in [7, 11) is 0. The second-order valence-electron chi connectivity index (χ2n) is 4.46. The number of thioether (sulfide) groups is 1. The maximum atomic E-state index is 11.5. The highest BCUT2D eigenvalue weighted by Gasteiger charge is 2.29. The zero-order valence-corrected chi connectivity index (χ0v) is 12.0. The summed E-state index contributed by atoms with van der Waals surface area (Å²) in [5.41, 5.74) is 4.53. The fraction of sp³-hybridized carbons (Fsp3) is 0.583. The van der Waals surface area contributed by atoms with Crippen molar-refractivity contribution in [2.24, 2.45) is 5.73 Å². The predicted octanol–water partition coefficient (Wildman–Crippen LogP) is 0.496. The molecule has 0 bridgehead atoms. The van der Waals surface area contributed by atoms with Gasteiger partial charge in [-0.05, 0) is 26.3 Å². The first-order valence-electron chi connectivity index (χ1n) is 6.21. The molecule has 0 saturated carbocycles. The van der Waals surface area contributed by atoms with Gasteiger partial charge in [0.2, 0.25) is 5.91 Å². The number of hydrogen-bond acceptors (Lipinski definition) is 5. The molecule has 1 amide bonds. The minimum absolute atomic E-state index is 0.181. The largest absolute Gasteiger partial charge is 0.368 e. The summed E-state index contributed by atoms with van der Waals surface area (Å²) in [5, 5.41) is 3.71. The van der Waals surface area contributed by atoms with E-state index in [1.54, 1.807) is 6.92 Å². The summed E-state index contributed by atoms with van der Waals surface area (Å²) in [6.07, 6.45) is 2.97. The Bertz CT molecular complexity index is 477. The Balaban J connectivity index is 2.53. The molecule has 0 saturated heterocycles. The smallest absolute Gasteiger partial charge is 0.251 e. The first-order chi connectivity index (χ1) is 8.98. The lowest BCUT2D eigenvalue weighted by molar-refractivity contribution is -0.123. The first kappa shape index (κ1) is 15.7. The van der Waals surface area contributed by atoms with Gasteiger partial charge < -0.3 is 16.0 Å². The van der Waals surface area contributed by atoms with E-state index < -0.39 is 5.54 Å². The lowest BCUT2D eigenvalue weighted by Gasteiger charge is -2.27. The van der Waals surface area contributed by atoms with Crippen LogP contribution in [0, 0.1) is 0 Å². The number of hydrogen-bond donors (Lipinski definition) is 3. The minimum Gasteiger partial charge on any atom is -0.368 e. The molecule has 1 atom stereocenters. The van der Waals surface area contributed by atoms with Crippen molar-refractivity contribution >= 4 is 17.7 Å². The third-order valence-corrected chi connectivity index (χ3v) is 3.69. The Hall–Kier alpha value is -1.34. The fourth-order valence-corrected chi connectivity index (χ4v) is 2.49. The van der Waals surface area contributed by atoms with Crippen LogP contribution in [0.2, 0.25) is 0 Å². The summed E-state index contributed by atoms with van der Waals surface area (Å²) in [6.45, 7) is 4.57. The fourth-order valence-electron chi connectivity index (χ4n) is 1.48. The number of carbonyl (C=O) groups is 1. The van der Waals surface area contributed by atoms with Crippen LogP contribution in [-0.2, 0) is 4.79 Å². The predicted molar refractivity (Wildman–Crippen MR) is 76.1 cm³/mol. The minimum atomic E-state index is -0.724. The molecule has 1 unspecified atom stereocenters. The SMILES string of the molecule is CCCNC(C)(CCSc1nccc(=O)[nH]1)C(N)=O. The van der Waals surface area contributed by atoms with Crippen LogP contribution < -0.4 is 16.6 Å². The van der Waals surface area contributed by atoms with Crippen molar-refractivity contribution < 1.29 is 4.79 Å². The van der Waals surface area contributed by atoms with Crippen LogP contribution >= 0.6 is 11.8 Å². The molecule has 1 heterocycles. The Labute approximate surface area is 116 Å². The van der Waals surface area contributed by atoms with Crippen molar-refractivity contribution in [2.45, 2.75) is 37.4 Å². The molecule has 1 rings (SSSR count). The van der Waals surface area contributed by atoms with Gasteiger partial charge in [-0.1, -0.05) is 18.7 Å². The molecule has 19 heavy (non-hydrogen) atoms. The van der Waals surface area contributed by atoms with Gasteiger partial charge in [-0.3, -0.25) is 9.59 Å². The number of primary amides is 1. The molecule has 0 radical (unpaired) electrons. The molecular formula is C12H20N4O2S. The number of aromatic amines is 1. The molecule has 6 nitrogen and oxygen atoms in total. The summed E-state index contributed by atoms with van der Waals surface area (Å²) < 4.78 is 0. The van der Waals surface area contributed by atoms with E-state index in [-0.39, 0.29) is 11.5 Å². The van der Waals surface area contributed by atoms with Crippen molar-refractivity contribution in [1.82, 2.24) is 15.3 Å². The Morgan fingerprint density at radius 1 is 1.63 bits per heavy atom. The van der Waals surface area contributed by atoms with Gasteiger partial charge in [-0.2, -0.15) is 0 Å². The molecule has 1 aromatic heterocycles. The molecule has 0 aliphatic carbocycles. The quantitative estimate of drug-likeness (QED) is 0.476. The van der Waals surface area contributed by atoms with E-state index >= 15 is 0 Å². The maximum Gasteiger partial charge on any atom is 0.251 e. The van der Waals surface area contributed by atoms with Crippen LogP contribution in [0.5, 0.6) is 0 Å². The number of amides is 1. The Kier molecular flexibility index (Phi) is 6.04. The van der Waals surface area contributed by atoms with Crippen LogP contribution in [0.4, 0.5) is 0 Å². The molecule has 106 valence electrons. The lowest BCUT2D eigenvalue weighted by atomic mass is 9.98. The monoisotopic (exact) mass is 284 g/mol. The molecule has 0 spiro atoms. The van der Waals surface area contributed by atoms with Crippen molar-refractivity contribution in [3.63, 3.8) is 0 Å². The number of nitrogens with one attached hydrogen (secondary N) is 2. The molecule has 0 fully saturated rings. The number of H-pyrrole nitrogens is 1. The normalized spacial score (nSPS) is 14.0.